The molecule has 0 spiro atoms. The number of nitro benzene ring substituents is 1. The first-order chi connectivity index (χ1) is 9.79. The van der Waals surface area contributed by atoms with Gasteiger partial charge in [-0.05, 0) is 30.3 Å². The first-order valence-corrected chi connectivity index (χ1v) is 7.32. The maximum absolute atomic E-state index is 12.0. The van der Waals surface area contributed by atoms with Crippen molar-refractivity contribution in [2.75, 3.05) is 5.73 Å². The van der Waals surface area contributed by atoms with Gasteiger partial charge in [0, 0.05) is 5.02 Å². The first-order valence-electron chi connectivity index (χ1n) is 5.53. The zero-order valence-electron chi connectivity index (χ0n) is 10.4. The van der Waals surface area contributed by atoms with E-state index in [1.165, 1.54) is 36.4 Å². The fraction of sp³-hybridized carbons (Fsp3) is 0. The van der Waals surface area contributed by atoms with Crippen LogP contribution in [0.1, 0.15) is 0 Å². The van der Waals surface area contributed by atoms with E-state index in [1.54, 1.807) is 0 Å². The quantitative estimate of drug-likeness (QED) is 0.399. The Hall–Kier alpha value is -2.32. The molecule has 0 unspecified atom stereocenters. The Kier molecular flexibility index (Phi) is 4.01. The number of benzene rings is 2. The Labute approximate surface area is 125 Å². The van der Waals surface area contributed by atoms with Gasteiger partial charge >= 0.3 is 10.1 Å². The number of anilines is 1. The van der Waals surface area contributed by atoms with E-state index >= 15 is 0 Å². The summed E-state index contributed by atoms with van der Waals surface area (Å²) >= 11 is 5.72. The lowest BCUT2D eigenvalue weighted by atomic mass is 10.2. The molecule has 0 heterocycles. The van der Waals surface area contributed by atoms with E-state index in [2.05, 4.69) is 0 Å². The molecule has 0 saturated carbocycles. The van der Waals surface area contributed by atoms with E-state index in [-0.39, 0.29) is 21.4 Å². The van der Waals surface area contributed by atoms with Crippen LogP contribution in [-0.2, 0) is 10.1 Å². The molecule has 2 rings (SSSR count). The lowest BCUT2D eigenvalue weighted by Crippen LogP contribution is -2.10. The van der Waals surface area contributed by atoms with Crippen molar-refractivity contribution in [3.8, 4) is 5.75 Å². The van der Waals surface area contributed by atoms with E-state index < -0.39 is 20.7 Å². The fourth-order valence-electron chi connectivity index (χ4n) is 1.53. The van der Waals surface area contributed by atoms with E-state index in [9.17, 15) is 18.5 Å². The molecule has 0 aromatic heterocycles. The summed E-state index contributed by atoms with van der Waals surface area (Å²) in [6.45, 7) is 0. The molecule has 0 aliphatic rings. The Morgan fingerprint density at radius 1 is 1.19 bits per heavy atom. The topological polar surface area (TPSA) is 113 Å². The third-order valence-electron chi connectivity index (χ3n) is 2.49. The van der Waals surface area contributed by atoms with Crippen molar-refractivity contribution in [1.82, 2.24) is 0 Å². The summed E-state index contributed by atoms with van der Waals surface area (Å²) in [5.41, 5.74) is 4.89. The van der Waals surface area contributed by atoms with Crippen LogP contribution < -0.4 is 9.92 Å². The van der Waals surface area contributed by atoms with E-state index in [0.29, 0.717) is 0 Å². The van der Waals surface area contributed by atoms with E-state index in [4.69, 9.17) is 21.5 Å². The summed E-state index contributed by atoms with van der Waals surface area (Å²) in [5, 5.41) is 11.0. The van der Waals surface area contributed by atoms with Gasteiger partial charge in [0.1, 0.15) is 16.3 Å². The number of rotatable bonds is 4. The van der Waals surface area contributed by atoms with Crippen molar-refractivity contribution in [1.29, 1.82) is 0 Å². The number of nitro groups is 1. The molecule has 2 aromatic rings. The number of hydrogen-bond donors (Lipinski definition) is 1. The van der Waals surface area contributed by atoms with Gasteiger partial charge in [-0.1, -0.05) is 17.7 Å². The minimum Gasteiger partial charge on any atom is -0.393 e. The normalized spacial score (nSPS) is 11.1. The van der Waals surface area contributed by atoms with Crippen LogP contribution in [0.5, 0.6) is 5.75 Å². The molecule has 0 aliphatic heterocycles. The highest BCUT2D eigenvalue weighted by Crippen LogP contribution is 2.28. The van der Waals surface area contributed by atoms with Crippen LogP contribution in [0.15, 0.2) is 47.4 Å². The monoisotopic (exact) mass is 328 g/mol. The maximum atomic E-state index is 12.0. The predicted octanol–water partition coefficient (Wildman–Crippen LogP) is 2.60. The van der Waals surface area contributed by atoms with Crippen LogP contribution in [0.3, 0.4) is 0 Å². The SMILES string of the molecule is Nc1ccc(OS(=O)(=O)c2cccc(Cl)c2)cc1[N+](=O)[O-]. The molecule has 9 heteroatoms. The van der Waals surface area contributed by atoms with Crippen molar-refractivity contribution in [3.05, 3.63) is 57.6 Å². The molecule has 7 nitrogen and oxygen atoms in total. The second-order valence-electron chi connectivity index (χ2n) is 3.97. The van der Waals surface area contributed by atoms with Crippen LogP contribution in [0.4, 0.5) is 11.4 Å². The predicted molar refractivity (Wildman–Crippen MR) is 76.8 cm³/mol. The van der Waals surface area contributed by atoms with E-state index in [0.717, 1.165) is 6.07 Å². The Balaban J connectivity index is 2.37. The van der Waals surface area contributed by atoms with Gasteiger partial charge in [-0.3, -0.25) is 10.1 Å². The Morgan fingerprint density at radius 3 is 2.52 bits per heavy atom. The molecule has 0 amide bonds. The number of nitrogen functional groups attached to an aromatic ring is 1. The van der Waals surface area contributed by atoms with Crippen molar-refractivity contribution < 1.29 is 17.5 Å². The largest absolute Gasteiger partial charge is 0.393 e. The van der Waals surface area contributed by atoms with Gasteiger partial charge in [-0.25, -0.2) is 0 Å². The Bertz CT molecular complexity index is 807. The highest BCUT2D eigenvalue weighted by Gasteiger charge is 2.20. The van der Waals surface area contributed by atoms with Crippen LogP contribution in [0, 0.1) is 10.1 Å². The van der Waals surface area contributed by atoms with Gasteiger partial charge in [0.25, 0.3) is 5.69 Å². The lowest BCUT2D eigenvalue weighted by Gasteiger charge is -2.07. The fourth-order valence-corrected chi connectivity index (χ4v) is 2.76. The minimum atomic E-state index is -4.14. The van der Waals surface area contributed by atoms with Crippen LogP contribution in [-0.4, -0.2) is 13.3 Å². The van der Waals surface area contributed by atoms with Crippen LogP contribution in [0.2, 0.25) is 5.02 Å². The van der Waals surface area contributed by atoms with Crippen molar-refractivity contribution in [3.63, 3.8) is 0 Å². The molecule has 0 atom stereocenters. The van der Waals surface area contributed by atoms with Crippen molar-refractivity contribution >= 4 is 33.1 Å². The van der Waals surface area contributed by atoms with Crippen LogP contribution in [0.25, 0.3) is 0 Å². The standard InChI is InChI=1S/C12H9ClN2O5S/c13-8-2-1-3-10(6-8)21(18,19)20-9-4-5-11(14)12(7-9)15(16)17/h1-7H,14H2. The first kappa shape index (κ1) is 15.1. The molecule has 2 N–H and O–H groups in total. The summed E-state index contributed by atoms with van der Waals surface area (Å²) in [5.74, 6) is -0.212. The smallest absolute Gasteiger partial charge is 0.339 e. The molecular weight excluding hydrogens is 320 g/mol. The molecule has 2 aromatic carbocycles. The number of halogens is 1. The maximum Gasteiger partial charge on any atom is 0.339 e. The van der Waals surface area contributed by atoms with Crippen molar-refractivity contribution in [2.24, 2.45) is 0 Å². The molecule has 21 heavy (non-hydrogen) atoms. The lowest BCUT2D eigenvalue weighted by molar-refractivity contribution is -0.383. The summed E-state index contributed by atoms with van der Waals surface area (Å²) in [6.07, 6.45) is 0. The third kappa shape index (κ3) is 3.41. The molecule has 0 saturated heterocycles. The van der Waals surface area contributed by atoms with Gasteiger partial charge in [0.05, 0.1) is 11.0 Å². The minimum absolute atomic E-state index is 0.0903. The Morgan fingerprint density at radius 2 is 1.90 bits per heavy atom. The molecule has 0 fully saturated rings. The summed E-state index contributed by atoms with van der Waals surface area (Å²) < 4.78 is 28.9. The van der Waals surface area contributed by atoms with Gasteiger partial charge in [-0.2, -0.15) is 8.42 Å². The number of nitrogens with two attached hydrogens (primary N) is 1. The number of hydrogen-bond acceptors (Lipinski definition) is 6. The highest BCUT2D eigenvalue weighted by molar-refractivity contribution is 7.87. The zero-order chi connectivity index (χ0) is 15.6. The molecular formula is C12H9ClN2O5S. The van der Waals surface area contributed by atoms with Gasteiger partial charge in [0.15, 0.2) is 0 Å². The molecule has 0 bridgehead atoms. The summed E-state index contributed by atoms with van der Waals surface area (Å²) in [4.78, 5) is 9.87. The average molecular weight is 329 g/mol. The average Bonchev–Trinajstić information content (AvgIpc) is 2.40. The van der Waals surface area contributed by atoms with Gasteiger partial charge in [0.2, 0.25) is 0 Å². The molecule has 0 aliphatic carbocycles. The second kappa shape index (κ2) is 5.58. The van der Waals surface area contributed by atoms with Crippen LogP contribution >= 0.6 is 11.6 Å². The zero-order valence-corrected chi connectivity index (χ0v) is 12.0. The summed E-state index contributed by atoms with van der Waals surface area (Å²) in [6, 6.07) is 8.83. The van der Waals surface area contributed by atoms with E-state index in [1.807, 2.05) is 0 Å². The second-order valence-corrected chi connectivity index (χ2v) is 5.96. The van der Waals surface area contributed by atoms with Crippen molar-refractivity contribution in [2.45, 2.75) is 4.90 Å². The van der Waals surface area contributed by atoms with Gasteiger partial charge in [-0.15, -0.1) is 0 Å². The third-order valence-corrected chi connectivity index (χ3v) is 3.97. The number of nitrogens with zero attached hydrogens (tertiary/aromatic N) is 1. The van der Waals surface area contributed by atoms with Gasteiger partial charge < -0.3 is 9.92 Å². The highest BCUT2D eigenvalue weighted by atomic mass is 35.5. The molecule has 110 valence electrons. The summed E-state index contributed by atoms with van der Waals surface area (Å²) in [7, 11) is -4.14. The molecule has 0 radical (unpaired) electrons.